The summed E-state index contributed by atoms with van der Waals surface area (Å²) >= 11 is 0. The van der Waals surface area contributed by atoms with Crippen molar-refractivity contribution in [3.05, 3.63) is 24.0 Å². The van der Waals surface area contributed by atoms with E-state index < -0.39 is 30.5 Å². The van der Waals surface area contributed by atoms with E-state index in [1.807, 2.05) is 45.9 Å². The van der Waals surface area contributed by atoms with E-state index in [4.69, 9.17) is 24.8 Å². The maximum absolute atomic E-state index is 11.7. The molecule has 0 aliphatic carbocycles. The molecular weight excluding hydrogens is 393 g/mol. The Hall–Kier alpha value is -2.06. The number of nitrogens with zero attached hydrogens (tertiary/aromatic N) is 1. The first-order valence-electron chi connectivity index (χ1n) is 10.8. The summed E-state index contributed by atoms with van der Waals surface area (Å²) in [5, 5.41) is 0. The van der Waals surface area contributed by atoms with E-state index in [1.165, 1.54) is 0 Å². The Bertz CT molecular complexity index is 959. The number of imidazole rings is 1. The number of fused-ring (bicyclic) bond motifs is 1. The number of primary amides is 1. The number of rotatable bonds is 5. The quantitative estimate of drug-likeness (QED) is 0.684. The molecule has 31 heavy (non-hydrogen) atoms. The van der Waals surface area contributed by atoms with Gasteiger partial charge in [-0.3, -0.25) is 0 Å². The molecule has 0 saturated carbocycles. The topological polar surface area (TPSA) is 99.5 Å². The van der Waals surface area contributed by atoms with E-state index in [1.54, 1.807) is 0 Å². The zero-order valence-corrected chi connectivity index (χ0v) is 20.3. The van der Waals surface area contributed by atoms with Crippen molar-refractivity contribution < 1.29 is 18.8 Å². The Kier molecular flexibility index (Phi) is 5.73. The Morgan fingerprint density at radius 3 is 2.26 bits per heavy atom. The number of H-pyrrole nitrogens is 1. The van der Waals surface area contributed by atoms with E-state index in [9.17, 15) is 4.79 Å². The smallest absolute Gasteiger partial charge is 0.438 e. The molecule has 2 aromatic rings. The van der Waals surface area contributed by atoms with Crippen molar-refractivity contribution in [1.82, 2.24) is 9.97 Å². The third-order valence-corrected chi connectivity index (χ3v) is 6.23. The number of hydrogen-bond donors (Lipinski definition) is 2. The molecule has 170 valence electrons. The number of ether oxygens (including phenoxy) is 1. The first kappa shape index (κ1) is 23.6. The number of nitrogens with two attached hydrogens (primary N) is 1. The molecule has 1 aromatic carbocycles. The van der Waals surface area contributed by atoms with Crippen molar-refractivity contribution in [2.45, 2.75) is 86.0 Å². The Labute approximate surface area is 185 Å². The molecular formula is C23H36BN3O4. The van der Waals surface area contributed by atoms with Crippen LogP contribution in [0.2, 0.25) is 0 Å². The molecule has 0 unspecified atom stereocenters. The molecule has 7 nitrogen and oxygen atoms in total. The van der Waals surface area contributed by atoms with Crippen molar-refractivity contribution in [2.75, 3.05) is 0 Å². The van der Waals surface area contributed by atoms with E-state index in [0.717, 1.165) is 22.9 Å². The summed E-state index contributed by atoms with van der Waals surface area (Å²) in [5.74, 6) is 0.578. The van der Waals surface area contributed by atoms with Gasteiger partial charge in [0, 0.05) is 5.41 Å². The van der Waals surface area contributed by atoms with Crippen LogP contribution in [0.3, 0.4) is 0 Å². The second kappa shape index (κ2) is 7.52. The average Bonchev–Trinajstić information content (AvgIpc) is 3.07. The highest BCUT2D eigenvalue weighted by atomic mass is 16.7. The highest BCUT2D eigenvalue weighted by Gasteiger charge is 2.51. The van der Waals surface area contributed by atoms with Crippen molar-refractivity contribution in [3.8, 4) is 0 Å². The molecule has 2 heterocycles. The SMILES string of the molecule is CC(C)(C)CC(C)(C)[C@H](OC(N)=O)c1nc2cc(B3OC(C)(C)C(C)(C)O3)ccc2[nH]1. The number of benzene rings is 1. The summed E-state index contributed by atoms with van der Waals surface area (Å²) in [7, 11) is -0.468. The summed E-state index contributed by atoms with van der Waals surface area (Å²) in [6.45, 7) is 18.7. The van der Waals surface area contributed by atoms with Gasteiger partial charge in [0.1, 0.15) is 5.82 Å². The van der Waals surface area contributed by atoms with Crippen molar-refractivity contribution >= 4 is 29.7 Å². The molecule has 0 spiro atoms. The minimum atomic E-state index is -0.814. The van der Waals surface area contributed by atoms with Crippen molar-refractivity contribution in [3.63, 3.8) is 0 Å². The Morgan fingerprint density at radius 1 is 1.16 bits per heavy atom. The van der Waals surface area contributed by atoms with Crippen LogP contribution in [-0.2, 0) is 14.0 Å². The van der Waals surface area contributed by atoms with Crippen LogP contribution in [0.25, 0.3) is 11.0 Å². The average molecular weight is 429 g/mol. The second-order valence-corrected chi connectivity index (χ2v) is 11.5. The van der Waals surface area contributed by atoms with Crippen LogP contribution in [-0.4, -0.2) is 34.4 Å². The third kappa shape index (κ3) is 4.90. The molecule has 1 aliphatic heterocycles. The van der Waals surface area contributed by atoms with Gasteiger partial charge < -0.3 is 24.8 Å². The molecule has 3 N–H and O–H groups in total. The standard InChI is InChI=1S/C23H36BN3O4/c1-20(2,3)13-21(4,5)17(29-19(25)28)18-26-15-11-10-14(12-16(15)27-18)24-30-22(6,7)23(8,9)31-24/h10-12,17H,13H2,1-9H3,(H2,25,28)(H,26,27)/t17-/m1/s1. The predicted octanol–water partition coefficient (Wildman–Crippen LogP) is 4.46. The Morgan fingerprint density at radius 2 is 1.74 bits per heavy atom. The first-order chi connectivity index (χ1) is 14.0. The minimum Gasteiger partial charge on any atom is -0.438 e. The van der Waals surface area contributed by atoms with Crippen LogP contribution in [0.15, 0.2) is 18.2 Å². The molecule has 1 aromatic heterocycles. The van der Waals surface area contributed by atoms with E-state index >= 15 is 0 Å². The van der Waals surface area contributed by atoms with Gasteiger partial charge in [-0.1, -0.05) is 40.7 Å². The number of carbonyl (C=O) groups is 1. The molecule has 1 amide bonds. The van der Waals surface area contributed by atoms with E-state index in [0.29, 0.717) is 5.82 Å². The highest BCUT2D eigenvalue weighted by molar-refractivity contribution is 6.62. The van der Waals surface area contributed by atoms with Crippen LogP contribution in [0.1, 0.15) is 80.7 Å². The van der Waals surface area contributed by atoms with Crippen LogP contribution in [0.5, 0.6) is 0 Å². The van der Waals surface area contributed by atoms with Gasteiger partial charge in [0.25, 0.3) is 0 Å². The number of amides is 1. The predicted molar refractivity (Wildman–Crippen MR) is 123 cm³/mol. The number of carbonyl (C=O) groups excluding carboxylic acids is 1. The van der Waals surface area contributed by atoms with Gasteiger partial charge in [-0.05, 0) is 57.1 Å². The fourth-order valence-electron chi connectivity index (χ4n) is 4.45. The van der Waals surface area contributed by atoms with Crippen LogP contribution < -0.4 is 11.2 Å². The lowest BCUT2D eigenvalue weighted by atomic mass is 9.72. The first-order valence-corrected chi connectivity index (χ1v) is 10.8. The summed E-state index contributed by atoms with van der Waals surface area (Å²) in [6, 6.07) is 5.87. The summed E-state index contributed by atoms with van der Waals surface area (Å²) in [4.78, 5) is 19.8. The van der Waals surface area contributed by atoms with Gasteiger partial charge >= 0.3 is 13.2 Å². The fraction of sp³-hybridized carbons (Fsp3) is 0.652. The van der Waals surface area contributed by atoms with Gasteiger partial charge in [0.2, 0.25) is 0 Å². The molecule has 0 bridgehead atoms. The monoisotopic (exact) mass is 429 g/mol. The molecule has 1 atom stereocenters. The molecule has 1 saturated heterocycles. The van der Waals surface area contributed by atoms with E-state index in [2.05, 4.69) is 39.6 Å². The van der Waals surface area contributed by atoms with Crippen molar-refractivity contribution in [1.29, 1.82) is 0 Å². The maximum atomic E-state index is 11.7. The zero-order chi connectivity index (χ0) is 23.4. The third-order valence-electron chi connectivity index (χ3n) is 6.23. The van der Waals surface area contributed by atoms with Gasteiger partial charge in [-0.2, -0.15) is 0 Å². The normalized spacial score (nSPS) is 19.6. The second-order valence-electron chi connectivity index (χ2n) is 11.5. The van der Waals surface area contributed by atoms with Crippen LogP contribution in [0, 0.1) is 10.8 Å². The van der Waals surface area contributed by atoms with Gasteiger partial charge in [-0.15, -0.1) is 0 Å². The van der Waals surface area contributed by atoms with E-state index in [-0.39, 0.29) is 10.8 Å². The van der Waals surface area contributed by atoms with Gasteiger partial charge in [0.05, 0.1) is 22.2 Å². The van der Waals surface area contributed by atoms with Gasteiger partial charge in [-0.25, -0.2) is 9.78 Å². The fourth-order valence-corrected chi connectivity index (χ4v) is 4.45. The lowest BCUT2D eigenvalue weighted by Gasteiger charge is -2.37. The maximum Gasteiger partial charge on any atom is 0.494 e. The van der Waals surface area contributed by atoms with Gasteiger partial charge in [0.15, 0.2) is 6.10 Å². The molecule has 3 rings (SSSR count). The lowest BCUT2D eigenvalue weighted by Crippen LogP contribution is -2.41. The summed E-state index contributed by atoms with van der Waals surface area (Å²) in [6.07, 6.45) is -0.601. The minimum absolute atomic E-state index is 0.0404. The van der Waals surface area contributed by atoms with Crippen LogP contribution in [0.4, 0.5) is 4.79 Å². The van der Waals surface area contributed by atoms with Crippen LogP contribution >= 0.6 is 0 Å². The summed E-state index contributed by atoms with van der Waals surface area (Å²) < 4.78 is 17.9. The zero-order valence-electron chi connectivity index (χ0n) is 20.3. The highest BCUT2D eigenvalue weighted by Crippen LogP contribution is 2.44. The Balaban J connectivity index is 1.96. The number of aromatic nitrogens is 2. The number of nitrogens with one attached hydrogen (secondary N) is 1. The molecule has 0 radical (unpaired) electrons. The van der Waals surface area contributed by atoms with Crippen molar-refractivity contribution in [2.24, 2.45) is 16.6 Å². The molecule has 8 heteroatoms. The number of hydrogen-bond acceptors (Lipinski definition) is 5. The molecule has 1 aliphatic rings. The lowest BCUT2D eigenvalue weighted by molar-refractivity contribution is -0.000399. The number of aromatic amines is 1. The largest absolute Gasteiger partial charge is 0.494 e. The molecule has 1 fully saturated rings. The summed E-state index contributed by atoms with van der Waals surface area (Å²) in [5.41, 5.74) is 6.73.